The van der Waals surface area contributed by atoms with Crippen LogP contribution >= 0.6 is 7.37 Å². The molecule has 6 heteroatoms. The third-order valence-electron chi connectivity index (χ3n) is 3.26. The van der Waals surface area contributed by atoms with Gasteiger partial charge >= 0.3 is 5.97 Å². The maximum absolute atomic E-state index is 12.1. The molecule has 2 unspecified atom stereocenters. The van der Waals surface area contributed by atoms with Crippen molar-refractivity contribution < 1.29 is 19.0 Å². The average molecular weight is 247 g/mol. The lowest BCUT2D eigenvalue weighted by molar-refractivity contribution is -0.137. The Labute approximate surface area is 95.2 Å². The summed E-state index contributed by atoms with van der Waals surface area (Å²) >= 11 is 0. The topological polar surface area (TPSA) is 66.8 Å². The van der Waals surface area contributed by atoms with E-state index in [9.17, 15) is 14.3 Å². The Morgan fingerprint density at radius 2 is 2.06 bits per heavy atom. The molecule has 0 bridgehead atoms. The predicted octanol–water partition coefficient (Wildman–Crippen LogP) is 1.02. The smallest absolute Gasteiger partial charge is 0.306 e. The van der Waals surface area contributed by atoms with Crippen molar-refractivity contribution in [3.63, 3.8) is 0 Å². The summed E-state index contributed by atoms with van der Waals surface area (Å²) in [5.74, 6) is -0.349. The van der Waals surface area contributed by atoms with Crippen LogP contribution < -0.4 is 0 Å². The standard InChI is InChI=1S/C10H18NO4P/c12-10-6-9(7-15-10)16(13,14)8-11-4-2-1-3-5-11/h9H,1-8H2,(H,13,14). The van der Waals surface area contributed by atoms with Crippen LogP contribution in [-0.2, 0) is 14.1 Å². The van der Waals surface area contributed by atoms with Crippen LogP contribution in [0, 0.1) is 0 Å². The zero-order valence-electron chi connectivity index (χ0n) is 9.30. The van der Waals surface area contributed by atoms with E-state index in [0.29, 0.717) is 0 Å². The Bertz CT molecular complexity index is 314. The van der Waals surface area contributed by atoms with Gasteiger partial charge in [-0.1, -0.05) is 6.42 Å². The van der Waals surface area contributed by atoms with Crippen molar-refractivity contribution in [1.82, 2.24) is 4.90 Å². The van der Waals surface area contributed by atoms with Crippen LogP contribution in [0.15, 0.2) is 0 Å². The van der Waals surface area contributed by atoms with Crippen LogP contribution in [0.5, 0.6) is 0 Å². The molecular weight excluding hydrogens is 229 g/mol. The molecule has 2 heterocycles. The van der Waals surface area contributed by atoms with Gasteiger partial charge in [0.05, 0.1) is 18.4 Å². The molecule has 0 amide bonds. The van der Waals surface area contributed by atoms with E-state index in [1.165, 1.54) is 6.42 Å². The lowest BCUT2D eigenvalue weighted by Crippen LogP contribution is -2.32. The lowest BCUT2D eigenvalue weighted by atomic mass is 10.1. The molecule has 2 rings (SSSR count). The van der Waals surface area contributed by atoms with Crippen LogP contribution in [0.25, 0.3) is 0 Å². The molecule has 5 nitrogen and oxygen atoms in total. The molecule has 2 aliphatic heterocycles. The van der Waals surface area contributed by atoms with Gasteiger partial charge in [-0.3, -0.25) is 14.3 Å². The van der Waals surface area contributed by atoms with Gasteiger partial charge < -0.3 is 9.63 Å². The minimum atomic E-state index is -3.27. The van der Waals surface area contributed by atoms with E-state index in [2.05, 4.69) is 0 Å². The average Bonchev–Trinajstić information content (AvgIpc) is 2.66. The molecule has 0 aromatic carbocycles. The molecular formula is C10H18NO4P. The Kier molecular flexibility index (Phi) is 3.67. The summed E-state index contributed by atoms with van der Waals surface area (Å²) in [6.45, 7) is 1.90. The van der Waals surface area contributed by atoms with Crippen LogP contribution in [-0.4, -0.2) is 47.4 Å². The van der Waals surface area contributed by atoms with Gasteiger partial charge in [0.2, 0.25) is 7.37 Å². The number of cyclic esters (lactones) is 1. The summed E-state index contributed by atoms with van der Waals surface area (Å²) in [4.78, 5) is 22.9. The van der Waals surface area contributed by atoms with Gasteiger partial charge in [-0.25, -0.2) is 0 Å². The monoisotopic (exact) mass is 247 g/mol. The normalized spacial score (nSPS) is 31.1. The fourth-order valence-electron chi connectivity index (χ4n) is 2.26. The van der Waals surface area contributed by atoms with Crippen LogP contribution in [0.2, 0.25) is 0 Å². The summed E-state index contributed by atoms with van der Waals surface area (Å²) in [5.41, 5.74) is -0.484. The first kappa shape index (κ1) is 12.1. The van der Waals surface area contributed by atoms with E-state index in [1.807, 2.05) is 4.90 Å². The van der Waals surface area contributed by atoms with Crippen molar-refractivity contribution in [2.45, 2.75) is 31.3 Å². The number of carbonyl (C=O) groups excluding carboxylic acids is 1. The maximum Gasteiger partial charge on any atom is 0.306 e. The molecule has 16 heavy (non-hydrogen) atoms. The lowest BCUT2D eigenvalue weighted by Gasteiger charge is -2.29. The number of hydrogen-bond donors (Lipinski definition) is 1. The van der Waals surface area contributed by atoms with Crippen molar-refractivity contribution >= 4 is 13.3 Å². The number of piperidine rings is 1. The second-order valence-electron chi connectivity index (χ2n) is 4.62. The molecule has 0 aromatic rings. The highest BCUT2D eigenvalue weighted by atomic mass is 31.2. The van der Waals surface area contributed by atoms with E-state index in [1.54, 1.807) is 0 Å². The second kappa shape index (κ2) is 4.86. The molecule has 0 aromatic heterocycles. The van der Waals surface area contributed by atoms with E-state index in [-0.39, 0.29) is 25.3 Å². The fourth-order valence-corrected chi connectivity index (χ4v) is 4.09. The molecule has 92 valence electrons. The molecule has 0 saturated carbocycles. The highest BCUT2D eigenvalue weighted by Crippen LogP contribution is 2.50. The van der Waals surface area contributed by atoms with Gasteiger partial charge in [0.25, 0.3) is 0 Å². The quantitative estimate of drug-likeness (QED) is 0.595. The van der Waals surface area contributed by atoms with Gasteiger partial charge in [0.1, 0.15) is 6.61 Å². The number of rotatable bonds is 3. The third kappa shape index (κ3) is 2.84. The molecule has 2 saturated heterocycles. The SMILES string of the molecule is O=C1CC(P(=O)(O)CN2CCCCC2)CO1. The van der Waals surface area contributed by atoms with Crippen molar-refractivity contribution in [2.24, 2.45) is 0 Å². The van der Waals surface area contributed by atoms with Gasteiger partial charge in [0.15, 0.2) is 0 Å². The van der Waals surface area contributed by atoms with Crippen molar-refractivity contribution in [3.05, 3.63) is 0 Å². The summed E-state index contributed by atoms with van der Waals surface area (Å²) < 4.78 is 16.9. The van der Waals surface area contributed by atoms with E-state index >= 15 is 0 Å². The van der Waals surface area contributed by atoms with Crippen molar-refractivity contribution in [2.75, 3.05) is 26.0 Å². The van der Waals surface area contributed by atoms with Gasteiger partial charge in [-0.15, -0.1) is 0 Å². The number of esters is 1. The second-order valence-corrected chi connectivity index (χ2v) is 7.14. The molecule has 2 fully saturated rings. The molecule has 2 aliphatic rings. The Balaban J connectivity index is 1.91. The maximum atomic E-state index is 12.1. The van der Waals surface area contributed by atoms with Crippen LogP contribution in [0.4, 0.5) is 0 Å². The van der Waals surface area contributed by atoms with Crippen LogP contribution in [0.3, 0.4) is 0 Å². The molecule has 0 aliphatic carbocycles. The molecule has 0 radical (unpaired) electrons. The number of ether oxygens (including phenoxy) is 1. The number of likely N-dealkylation sites (tertiary alicyclic amines) is 1. The minimum absolute atomic E-state index is 0.0988. The number of nitrogens with zero attached hydrogens (tertiary/aromatic N) is 1. The highest BCUT2D eigenvalue weighted by Gasteiger charge is 2.39. The van der Waals surface area contributed by atoms with Crippen LogP contribution in [0.1, 0.15) is 25.7 Å². The fraction of sp³-hybridized carbons (Fsp3) is 0.900. The summed E-state index contributed by atoms with van der Waals surface area (Å²) in [7, 11) is -3.27. The Hall–Kier alpha value is -0.380. The largest absolute Gasteiger partial charge is 0.465 e. The first-order valence-corrected chi connectivity index (χ1v) is 7.69. The predicted molar refractivity (Wildman–Crippen MR) is 59.5 cm³/mol. The number of hydrogen-bond acceptors (Lipinski definition) is 4. The highest BCUT2D eigenvalue weighted by molar-refractivity contribution is 7.58. The van der Waals surface area contributed by atoms with Gasteiger partial charge in [-0.2, -0.15) is 0 Å². The molecule has 0 spiro atoms. The van der Waals surface area contributed by atoms with E-state index in [0.717, 1.165) is 25.9 Å². The minimum Gasteiger partial charge on any atom is -0.465 e. The first-order valence-electron chi connectivity index (χ1n) is 5.77. The zero-order valence-corrected chi connectivity index (χ0v) is 10.2. The third-order valence-corrected chi connectivity index (χ3v) is 5.54. The van der Waals surface area contributed by atoms with Gasteiger partial charge in [0, 0.05) is 0 Å². The summed E-state index contributed by atoms with van der Waals surface area (Å²) in [6, 6.07) is 0. The van der Waals surface area contributed by atoms with Crippen molar-refractivity contribution in [3.8, 4) is 0 Å². The van der Waals surface area contributed by atoms with E-state index < -0.39 is 13.0 Å². The molecule has 2 atom stereocenters. The summed E-state index contributed by atoms with van der Waals surface area (Å²) in [5, 5.41) is 0. The van der Waals surface area contributed by atoms with Gasteiger partial charge in [-0.05, 0) is 25.9 Å². The molecule has 1 N–H and O–H groups in total. The summed E-state index contributed by atoms with van der Waals surface area (Å²) in [6.07, 6.45) is 3.72. The van der Waals surface area contributed by atoms with Crippen molar-refractivity contribution in [1.29, 1.82) is 0 Å². The van der Waals surface area contributed by atoms with E-state index in [4.69, 9.17) is 4.74 Å². The Morgan fingerprint density at radius 3 is 2.62 bits per heavy atom. The Morgan fingerprint density at radius 1 is 1.38 bits per heavy atom. The number of carbonyl (C=O) groups is 1. The first-order chi connectivity index (χ1) is 7.58. The zero-order chi connectivity index (χ0) is 11.6.